The van der Waals surface area contributed by atoms with Crippen LogP contribution in [0.1, 0.15) is 76.5 Å². The molecule has 3 fully saturated rings. The molecule has 3 aliphatic heterocycles. The maximum absolute atomic E-state index is 13.8. The molecule has 0 aromatic heterocycles. The van der Waals surface area contributed by atoms with E-state index in [1.54, 1.807) is 55.1 Å². The second-order valence-electron chi connectivity index (χ2n) is 15.3. The molecule has 3 aliphatic rings. The first kappa shape index (κ1) is 42.1. The van der Waals surface area contributed by atoms with Crippen LogP contribution in [0.5, 0.6) is 5.75 Å². The highest BCUT2D eigenvalue weighted by Gasteiger charge is 2.51. The van der Waals surface area contributed by atoms with Gasteiger partial charge in [0.1, 0.15) is 17.3 Å². The number of nitrogens with zero attached hydrogens (tertiary/aromatic N) is 4. The molecule has 3 aromatic rings. The molecule has 0 spiro atoms. The maximum Gasteiger partial charge on any atom is 0.417 e. The Kier molecular flexibility index (Phi) is 12.4. The van der Waals surface area contributed by atoms with Gasteiger partial charge in [-0.1, -0.05) is 13.0 Å². The lowest BCUT2D eigenvalue weighted by Crippen LogP contribution is -2.47. The molecule has 0 radical (unpaired) electrons. The number of thiocarbonyl (C=S) groups is 1. The standard InChI is InChI=1S/C42H46F3N7O5S/c1-5-27-21-32(52-40(58)51(39(56)41(52,3)4)31-10-9-28(24-46)33(23-31)42(43,44)45)11-13-35(27)57-20-17-26-15-18-50(19-16-26)25(2)37(54)48-30-8-6-7-29(22-30)47-34-12-14-36(53)49-38(34)55/h6-11,13,21-23,25-26,34,47H,5,12,14-20H2,1-4H3,(H,48,54)(H,49,53,55)/t25-,34?/m0/s1. The number of carbonyl (C=O) groups excluding carboxylic acids is 4. The monoisotopic (exact) mass is 817 g/mol. The molecular weight excluding hydrogens is 772 g/mol. The SMILES string of the molecule is CCc1cc(N2C(=S)N(c3ccc(C#N)c(C(F)(F)F)c3)C(=O)C2(C)C)ccc1OCCC1CCN([C@@H](C)C(=O)Nc2cccc(NC3CCC(=O)NC3=O)c2)CC1. The quantitative estimate of drug-likeness (QED) is 0.132. The van der Waals surface area contributed by atoms with E-state index in [4.69, 9.17) is 17.0 Å². The van der Waals surface area contributed by atoms with Crippen molar-refractivity contribution in [3.63, 3.8) is 0 Å². The highest BCUT2D eigenvalue weighted by Crippen LogP contribution is 2.41. The summed E-state index contributed by atoms with van der Waals surface area (Å²) in [6, 6.07) is 16.5. The molecule has 0 bridgehead atoms. The minimum atomic E-state index is -4.79. The molecule has 6 rings (SSSR count). The summed E-state index contributed by atoms with van der Waals surface area (Å²) in [7, 11) is 0. The summed E-state index contributed by atoms with van der Waals surface area (Å²) < 4.78 is 47.6. The van der Waals surface area contributed by atoms with Crippen LogP contribution >= 0.6 is 12.2 Å². The molecule has 4 amide bonds. The number of hydrogen-bond donors (Lipinski definition) is 3. The second-order valence-corrected chi connectivity index (χ2v) is 15.7. The molecule has 0 saturated carbocycles. The van der Waals surface area contributed by atoms with Crippen molar-refractivity contribution < 1.29 is 37.1 Å². The number of likely N-dealkylation sites (tertiary alicyclic amines) is 1. The van der Waals surface area contributed by atoms with Gasteiger partial charge in [-0.2, -0.15) is 18.4 Å². The van der Waals surface area contributed by atoms with Gasteiger partial charge < -0.3 is 20.3 Å². The third-order valence-corrected chi connectivity index (χ3v) is 11.5. The number of nitrogens with one attached hydrogen (secondary N) is 3. The zero-order valence-electron chi connectivity index (χ0n) is 32.7. The number of alkyl halides is 3. The molecular formula is C42H46F3N7O5S. The van der Waals surface area contributed by atoms with E-state index >= 15 is 0 Å². The van der Waals surface area contributed by atoms with Crippen LogP contribution in [0.4, 0.5) is 35.9 Å². The first-order chi connectivity index (χ1) is 27.5. The van der Waals surface area contributed by atoms with E-state index < -0.39 is 34.8 Å². The van der Waals surface area contributed by atoms with Crippen LogP contribution < -0.4 is 30.5 Å². The fourth-order valence-corrected chi connectivity index (χ4v) is 8.20. The minimum Gasteiger partial charge on any atom is -0.493 e. The summed E-state index contributed by atoms with van der Waals surface area (Å²) in [6.45, 7) is 9.19. The summed E-state index contributed by atoms with van der Waals surface area (Å²) in [5.41, 5.74) is -0.215. The summed E-state index contributed by atoms with van der Waals surface area (Å²) in [4.78, 5) is 55.4. The Bertz CT molecular complexity index is 2150. The number of amides is 4. The summed E-state index contributed by atoms with van der Waals surface area (Å²) in [6.07, 6.45) is -0.879. The Morgan fingerprint density at radius 3 is 2.41 bits per heavy atom. The number of ether oxygens (including phenoxy) is 1. The number of carbonyl (C=O) groups is 4. The number of aryl methyl sites for hydroxylation is 1. The predicted octanol–water partition coefficient (Wildman–Crippen LogP) is 6.78. The van der Waals surface area contributed by atoms with Gasteiger partial charge in [0.25, 0.3) is 5.91 Å². The number of halogens is 3. The predicted molar refractivity (Wildman–Crippen MR) is 217 cm³/mol. The van der Waals surface area contributed by atoms with Crippen LogP contribution in [0.2, 0.25) is 0 Å². The van der Waals surface area contributed by atoms with E-state index in [-0.39, 0.29) is 41.0 Å². The molecule has 3 N–H and O–H groups in total. The molecule has 3 saturated heterocycles. The van der Waals surface area contributed by atoms with Gasteiger partial charge in [0.15, 0.2) is 5.11 Å². The van der Waals surface area contributed by atoms with E-state index in [1.165, 1.54) is 6.07 Å². The Morgan fingerprint density at radius 1 is 1.03 bits per heavy atom. The Hall–Kier alpha value is -5.53. The van der Waals surface area contributed by atoms with Crippen molar-refractivity contribution >= 4 is 63.7 Å². The van der Waals surface area contributed by atoms with E-state index in [2.05, 4.69) is 20.9 Å². The second kappa shape index (κ2) is 17.1. The number of anilines is 4. The Balaban J connectivity index is 1.01. The molecule has 3 aromatic carbocycles. The van der Waals surface area contributed by atoms with E-state index in [0.29, 0.717) is 48.2 Å². The Labute approximate surface area is 340 Å². The first-order valence-corrected chi connectivity index (χ1v) is 19.7. The summed E-state index contributed by atoms with van der Waals surface area (Å²) in [5, 5.41) is 17.7. The zero-order valence-corrected chi connectivity index (χ0v) is 33.6. The molecule has 0 aliphatic carbocycles. The largest absolute Gasteiger partial charge is 0.493 e. The molecule has 12 nitrogen and oxygen atoms in total. The van der Waals surface area contributed by atoms with Crippen molar-refractivity contribution in [3.8, 4) is 11.8 Å². The van der Waals surface area contributed by atoms with E-state index in [1.807, 2.05) is 26.0 Å². The van der Waals surface area contributed by atoms with E-state index in [0.717, 1.165) is 54.9 Å². The van der Waals surface area contributed by atoms with Crippen molar-refractivity contribution in [1.29, 1.82) is 5.26 Å². The number of imide groups is 1. The van der Waals surface area contributed by atoms with Crippen molar-refractivity contribution in [3.05, 3.63) is 77.4 Å². The summed E-state index contributed by atoms with van der Waals surface area (Å²) in [5.74, 6) is -0.174. The van der Waals surface area contributed by atoms with Gasteiger partial charge in [-0.25, -0.2) is 0 Å². The normalized spacial score (nSPS) is 19.4. The minimum absolute atomic E-state index is 0.0234. The number of nitriles is 1. The summed E-state index contributed by atoms with van der Waals surface area (Å²) >= 11 is 5.71. The molecule has 1 unspecified atom stereocenters. The molecule has 16 heteroatoms. The van der Waals surface area contributed by atoms with Gasteiger partial charge in [0.05, 0.1) is 35.5 Å². The molecule has 58 heavy (non-hydrogen) atoms. The molecule has 306 valence electrons. The van der Waals surface area contributed by atoms with Gasteiger partial charge in [-0.3, -0.25) is 34.3 Å². The lowest BCUT2D eigenvalue weighted by molar-refractivity contribution is -0.138. The average molecular weight is 818 g/mol. The van der Waals surface area contributed by atoms with Crippen molar-refractivity contribution in [1.82, 2.24) is 10.2 Å². The van der Waals surface area contributed by atoms with Crippen LogP contribution in [-0.4, -0.2) is 71.0 Å². The zero-order chi connectivity index (χ0) is 41.9. The highest BCUT2D eigenvalue weighted by molar-refractivity contribution is 7.81. The fourth-order valence-electron chi connectivity index (χ4n) is 7.68. The Morgan fingerprint density at radius 2 is 1.74 bits per heavy atom. The molecule has 3 heterocycles. The van der Waals surface area contributed by atoms with Crippen molar-refractivity contribution in [2.75, 3.05) is 40.1 Å². The average Bonchev–Trinajstić information content (AvgIpc) is 3.37. The fraction of sp³-hybridized carbons (Fsp3) is 0.429. The first-order valence-electron chi connectivity index (χ1n) is 19.3. The highest BCUT2D eigenvalue weighted by atomic mass is 32.1. The number of hydrogen-bond acceptors (Lipinski definition) is 9. The van der Waals surface area contributed by atoms with Crippen LogP contribution in [-0.2, 0) is 31.8 Å². The van der Waals surface area contributed by atoms with Crippen LogP contribution in [0.25, 0.3) is 0 Å². The lowest BCUT2D eigenvalue weighted by atomic mass is 9.93. The smallest absolute Gasteiger partial charge is 0.417 e. The van der Waals surface area contributed by atoms with Gasteiger partial charge in [-0.05, 0) is 144 Å². The number of benzene rings is 3. The van der Waals surface area contributed by atoms with Gasteiger partial charge >= 0.3 is 6.18 Å². The van der Waals surface area contributed by atoms with Gasteiger partial charge in [0.2, 0.25) is 17.7 Å². The third-order valence-electron chi connectivity index (χ3n) is 11.1. The van der Waals surface area contributed by atoms with Gasteiger partial charge in [0, 0.05) is 23.5 Å². The number of piperidine rings is 2. The van der Waals surface area contributed by atoms with Crippen LogP contribution in [0.3, 0.4) is 0 Å². The lowest BCUT2D eigenvalue weighted by Gasteiger charge is -2.35. The third kappa shape index (κ3) is 8.95. The topological polar surface area (TPSA) is 147 Å². The molecule has 2 atom stereocenters. The van der Waals surface area contributed by atoms with Crippen molar-refractivity contribution in [2.45, 2.75) is 90.0 Å². The van der Waals surface area contributed by atoms with E-state index in [9.17, 15) is 37.6 Å². The van der Waals surface area contributed by atoms with Crippen LogP contribution in [0.15, 0.2) is 60.7 Å². The van der Waals surface area contributed by atoms with Crippen LogP contribution in [0, 0.1) is 17.2 Å². The van der Waals surface area contributed by atoms with Gasteiger partial charge in [-0.15, -0.1) is 0 Å². The number of rotatable bonds is 12. The maximum atomic E-state index is 13.8. The van der Waals surface area contributed by atoms with Crippen molar-refractivity contribution in [2.24, 2.45) is 5.92 Å².